The van der Waals surface area contributed by atoms with Crippen molar-refractivity contribution in [2.75, 3.05) is 6.54 Å². The van der Waals surface area contributed by atoms with Gasteiger partial charge in [-0.25, -0.2) is 0 Å². The molecule has 1 atom stereocenters. The molecule has 28 heavy (non-hydrogen) atoms. The van der Waals surface area contributed by atoms with Crippen molar-refractivity contribution in [3.05, 3.63) is 65.5 Å². The second kappa shape index (κ2) is 8.04. The largest absolute Gasteiger partial charge is 0.343 e. The molecule has 4 rings (SSSR count). The second-order valence-corrected chi connectivity index (χ2v) is 8.39. The third-order valence-electron chi connectivity index (χ3n) is 6.80. The summed E-state index contributed by atoms with van der Waals surface area (Å²) in [5.74, 6) is 0.00826. The number of hydrogen-bond acceptors (Lipinski definition) is 3. The number of aromatic nitrogens is 1. The molecule has 0 radical (unpaired) electrons. The van der Waals surface area contributed by atoms with E-state index in [2.05, 4.69) is 46.4 Å². The zero-order chi connectivity index (χ0) is 19.6. The van der Waals surface area contributed by atoms with Crippen molar-refractivity contribution in [2.45, 2.75) is 70.0 Å². The van der Waals surface area contributed by atoms with Crippen molar-refractivity contribution < 1.29 is 4.79 Å². The molecule has 1 N–H and O–H groups in total. The van der Waals surface area contributed by atoms with Gasteiger partial charge in [0.25, 0.3) is 5.91 Å². The van der Waals surface area contributed by atoms with E-state index in [0.717, 1.165) is 30.5 Å². The Morgan fingerprint density at radius 2 is 2.00 bits per heavy atom. The summed E-state index contributed by atoms with van der Waals surface area (Å²) in [5, 5.41) is 3.45. The highest BCUT2D eigenvalue weighted by Crippen LogP contribution is 2.52. The molecule has 1 aromatic heterocycles. The number of carbonyl (C=O) groups excluding carboxylic acids is 1. The molecular weight excluding hydrogens is 346 g/mol. The highest BCUT2D eigenvalue weighted by atomic mass is 16.1. The summed E-state index contributed by atoms with van der Waals surface area (Å²) in [7, 11) is 0. The average Bonchev–Trinajstić information content (AvgIpc) is 3.26. The van der Waals surface area contributed by atoms with Gasteiger partial charge in [-0.3, -0.25) is 14.7 Å². The molecule has 2 bridgehead atoms. The predicted octanol–water partition coefficient (Wildman–Crippen LogP) is 4.66. The maximum Gasteiger partial charge on any atom is 0.252 e. The van der Waals surface area contributed by atoms with Crippen LogP contribution in [0.1, 0.15) is 73.0 Å². The first-order chi connectivity index (χ1) is 13.7. The molecule has 1 unspecified atom stereocenters. The summed E-state index contributed by atoms with van der Waals surface area (Å²) in [6.45, 7) is 5.34. The lowest BCUT2D eigenvalue weighted by Crippen LogP contribution is -2.52. The molecule has 0 saturated carbocycles. The molecule has 2 aliphatic rings. The van der Waals surface area contributed by atoms with Gasteiger partial charge in [0, 0.05) is 29.5 Å². The van der Waals surface area contributed by atoms with Crippen LogP contribution in [0.15, 0.2) is 48.8 Å². The standard InChI is InChI=1S/C24H31N3O/c1-3-4-16-27-20-10-13-24(27,14-11-20)22(19-8-6-5-7-9-19)26-23(28)21-12-15-25-17-18(21)2/h5-9,12,15,17,20,22H,3-4,10-11,13-14,16H2,1-2H3,(H,26,28). The first kappa shape index (κ1) is 19.1. The van der Waals surface area contributed by atoms with Crippen LogP contribution in [-0.4, -0.2) is 33.9 Å². The fraction of sp³-hybridized carbons (Fsp3) is 0.500. The molecule has 4 heteroatoms. The SMILES string of the molecule is CCCCN1C2CCC1(C(NC(=O)c1ccncc1C)c1ccccc1)CC2. The molecule has 2 aliphatic heterocycles. The normalized spacial score (nSPS) is 25.0. The van der Waals surface area contributed by atoms with Crippen LogP contribution in [0, 0.1) is 6.92 Å². The van der Waals surface area contributed by atoms with E-state index in [1.165, 1.54) is 31.2 Å². The number of pyridine rings is 1. The van der Waals surface area contributed by atoms with Gasteiger partial charge in [0.05, 0.1) is 6.04 Å². The van der Waals surface area contributed by atoms with Crippen LogP contribution in [-0.2, 0) is 0 Å². The fourth-order valence-electron chi connectivity index (χ4n) is 5.36. The Bertz CT molecular complexity index is 812. The quantitative estimate of drug-likeness (QED) is 0.763. The number of unbranched alkanes of at least 4 members (excludes halogenated alkanes) is 1. The van der Waals surface area contributed by atoms with Crippen molar-refractivity contribution in [2.24, 2.45) is 0 Å². The van der Waals surface area contributed by atoms with Gasteiger partial charge in [-0.15, -0.1) is 0 Å². The topological polar surface area (TPSA) is 45.2 Å². The second-order valence-electron chi connectivity index (χ2n) is 8.39. The van der Waals surface area contributed by atoms with Crippen LogP contribution in [0.5, 0.6) is 0 Å². The van der Waals surface area contributed by atoms with Crippen LogP contribution < -0.4 is 5.32 Å². The number of aryl methyl sites for hydroxylation is 1. The maximum atomic E-state index is 13.2. The van der Waals surface area contributed by atoms with Crippen molar-refractivity contribution in [3.8, 4) is 0 Å². The maximum absolute atomic E-state index is 13.2. The summed E-state index contributed by atoms with van der Waals surface area (Å²) < 4.78 is 0. The third-order valence-corrected chi connectivity index (χ3v) is 6.80. The molecule has 3 heterocycles. The van der Waals surface area contributed by atoms with Gasteiger partial charge in [-0.1, -0.05) is 43.7 Å². The Morgan fingerprint density at radius 3 is 2.68 bits per heavy atom. The molecular formula is C24H31N3O. The number of benzene rings is 1. The minimum Gasteiger partial charge on any atom is -0.343 e. The highest BCUT2D eigenvalue weighted by Gasteiger charge is 2.56. The molecule has 2 aromatic rings. The summed E-state index contributed by atoms with van der Waals surface area (Å²) in [6.07, 6.45) is 10.7. The number of amides is 1. The van der Waals surface area contributed by atoms with Crippen molar-refractivity contribution in [3.63, 3.8) is 0 Å². The van der Waals surface area contributed by atoms with Gasteiger partial charge >= 0.3 is 0 Å². The van der Waals surface area contributed by atoms with Gasteiger partial charge in [-0.05, 0) is 62.8 Å². The van der Waals surface area contributed by atoms with E-state index in [0.29, 0.717) is 6.04 Å². The summed E-state index contributed by atoms with van der Waals surface area (Å²) in [4.78, 5) is 20.1. The van der Waals surface area contributed by atoms with Crippen LogP contribution >= 0.6 is 0 Å². The molecule has 1 amide bonds. The minimum absolute atomic E-state index is 0.00826. The summed E-state index contributed by atoms with van der Waals surface area (Å²) >= 11 is 0. The smallest absolute Gasteiger partial charge is 0.252 e. The van der Waals surface area contributed by atoms with E-state index in [1.54, 1.807) is 12.4 Å². The van der Waals surface area contributed by atoms with Crippen LogP contribution in [0.2, 0.25) is 0 Å². The summed E-state index contributed by atoms with van der Waals surface area (Å²) in [5.41, 5.74) is 2.90. The first-order valence-corrected chi connectivity index (χ1v) is 10.7. The van der Waals surface area contributed by atoms with Crippen LogP contribution in [0.3, 0.4) is 0 Å². The predicted molar refractivity (Wildman–Crippen MR) is 112 cm³/mol. The molecule has 0 aliphatic carbocycles. The fourth-order valence-corrected chi connectivity index (χ4v) is 5.36. The molecule has 1 aromatic carbocycles. The van der Waals surface area contributed by atoms with E-state index in [4.69, 9.17) is 0 Å². The molecule has 2 saturated heterocycles. The Kier molecular flexibility index (Phi) is 5.49. The Hall–Kier alpha value is -2.20. The Balaban J connectivity index is 1.69. The van der Waals surface area contributed by atoms with Crippen LogP contribution in [0.25, 0.3) is 0 Å². The highest BCUT2D eigenvalue weighted by molar-refractivity contribution is 5.95. The number of nitrogens with one attached hydrogen (secondary N) is 1. The Labute approximate surface area is 168 Å². The van der Waals surface area contributed by atoms with E-state index >= 15 is 0 Å². The Morgan fingerprint density at radius 1 is 1.25 bits per heavy atom. The lowest BCUT2D eigenvalue weighted by atomic mass is 9.78. The van der Waals surface area contributed by atoms with Gasteiger partial charge < -0.3 is 5.32 Å². The number of nitrogens with zero attached hydrogens (tertiary/aromatic N) is 2. The molecule has 148 valence electrons. The zero-order valence-corrected chi connectivity index (χ0v) is 17.0. The van der Waals surface area contributed by atoms with Crippen molar-refractivity contribution >= 4 is 5.91 Å². The number of carbonyl (C=O) groups is 1. The van der Waals surface area contributed by atoms with Crippen LogP contribution in [0.4, 0.5) is 0 Å². The third kappa shape index (κ3) is 3.35. The number of hydrogen-bond donors (Lipinski definition) is 1. The molecule has 4 nitrogen and oxygen atoms in total. The van der Waals surface area contributed by atoms with E-state index < -0.39 is 0 Å². The lowest BCUT2D eigenvalue weighted by molar-refractivity contribution is 0.0777. The summed E-state index contributed by atoms with van der Waals surface area (Å²) in [6, 6.07) is 13.1. The van der Waals surface area contributed by atoms with E-state index in [1.807, 2.05) is 19.1 Å². The molecule has 2 fully saturated rings. The van der Waals surface area contributed by atoms with E-state index in [-0.39, 0.29) is 17.5 Å². The number of fused-ring (bicyclic) bond motifs is 2. The van der Waals surface area contributed by atoms with Gasteiger partial charge in [0.1, 0.15) is 0 Å². The van der Waals surface area contributed by atoms with Gasteiger partial charge in [-0.2, -0.15) is 0 Å². The van der Waals surface area contributed by atoms with Crippen molar-refractivity contribution in [1.29, 1.82) is 0 Å². The van der Waals surface area contributed by atoms with Crippen molar-refractivity contribution in [1.82, 2.24) is 15.2 Å². The average molecular weight is 378 g/mol. The minimum atomic E-state index is 0.00826. The monoisotopic (exact) mass is 377 g/mol. The van der Waals surface area contributed by atoms with E-state index in [9.17, 15) is 4.79 Å². The van der Waals surface area contributed by atoms with Gasteiger partial charge in [0.2, 0.25) is 0 Å². The number of rotatable bonds is 7. The molecule has 0 spiro atoms. The first-order valence-electron chi connectivity index (χ1n) is 10.7. The lowest BCUT2D eigenvalue weighted by Gasteiger charge is -2.42. The van der Waals surface area contributed by atoms with Gasteiger partial charge in [0.15, 0.2) is 0 Å². The zero-order valence-electron chi connectivity index (χ0n) is 17.0.